The van der Waals surface area contributed by atoms with Gasteiger partial charge in [0, 0.05) is 6.42 Å². The predicted octanol–water partition coefficient (Wildman–Crippen LogP) is 7.20. The predicted molar refractivity (Wildman–Crippen MR) is 101 cm³/mol. The first kappa shape index (κ1) is 22.5. The second kappa shape index (κ2) is 19.5. The van der Waals surface area contributed by atoms with Crippen LogP contribution in [-0.4, -0.2) is 12.6 Å². The van der Waals surface area contributed by atoms with Gasteiger partial charge >= 0.3 is 5.97 Å². The average Bonchev–Trinajstić information content (AvgIpc) is 2.56. The fraction of sp³-hybridized carbons (Fsp3) is 0.952. The third-order valence-electron chi connectivity index (χ3n) is 4.50. The van der Waals surface area contributed by atoms with Crippen LogP contribution in [0.3, 0.4) is 0 Å². The maximum atomic E-state index is 11.6. The van der Waals surface area contributed by atoms with Gasteiger partial charge in [-0.3, -0.25) is 4.79 Å². The van der Waals surface area contributed by atoms with Gasteiger partial charge in [0.05, 0.1) is 6.61 Å². The molecule has 138 valence electrons. The van der Waals surface area contributed by atoms with Gasteiger partial charge in [0.25, 0.3) is 0 Å². The molecule has 0 bridgehead atoms. The Labute approximate surface area is 145 Å². The molecule has 0 aliphatic heterocycles. The molecule has 0 aliphatic carbocycles. The summed E-state index contributed by atoms with van der Waals surface area (Å²) in [5, 5.41) is 0. The van der Waals surface area contributed by atoms with Crippen molar-refractivity contribution >= 4 is 5.97 Å². The number of unbranched alkanes of at least 4 members (excludes halogenated alkanes) is 14. The molecule has 0 N–H and O–H groups in total. The van der Waals surface area contributed by atoms with Gasteiger partial charge < -0.3 is 4.74 Å². The van der Waals surface area contributed by atoms with Crippen LogP contribution in [0.5, 0.6) is 0 Å². The summed E-state index contributed by atoms with van der Waals surface area (Å²) in [4.78, 5) is 11.6. The number of rotatable bonds is 18. The number of carbonyl (C=O) groups is 1. The molecule has 0 fully saturated rings. The molecule has 0 radical (unpaired) electrons. The Bertz CT molecular complexity index is 238. The smallest absolute Gasteiger partial charge is 0.305 e. The zero-order valence-corrected chi connectivity index (χ0v) is 16.0. The molecule has 2 nitrogen and oxygen atoms in total. The number of esters is 1. The van der Waals surface area contributed by atoms with Crippen molar-refractivity contribution < 1.29 is 9.53 Å². The SMILES string of the molecule is CCCCCCCCCCCC(=O)OCCCCCCCCC. The molecule has 0 atom stereocenters. The Morgan fingerprint density at radius 3 is 1.43 bits per heavy atom. The van der Waals surface area contributed by atoms with Gasteiger partial charge in [0.2, 0.25) is 0 Å². The van der Waals surface area contributed by atoms with Gasteiger partial charge in [-0.1, -0.05) is 104 Å². The molecular formula is C21H42O2. The first-order chi connectivity index (χ1) is 11.3. The van der Waals surface area contributed by atoms with Crippen LogP contribution < -0.4 is 0 Å². The topological polar surface area (TPSA) is 26.3 Å². The Kier molecular flexibility index (Phi) is 19.1. The van der Waals surface area contributed by atoms with Gasteiger partial charge in [0.15, 0.2) is 0 Å². The lowest BCUT2D eigenvalue weighted by Gasteiger charge is -2.05. The van der Waals surface area contributed by atoms with E-state index in [1.165, 1.54) is 89.9 Å². The molecule has 0 saturated carbocycles. The summed E-state index contributed by atoms with van der Waals surface area (Å²) < 4.78 is 5.30. The number of ether oxygens (including phenoxy) is 1. The Morgan fingerprint density at radius 1 is 0.565 bits per heavy atom. The molecular weight excluding hydrogens is 284 g/mol. The minimum absolute atomic E-state index is 0.0129. The minimum Gasteiger partial charge on any atom is -0.466 e. The van der Waals surface area contributed by atoms with Gasteiger partial charge in [-0.2, -0.15) is 0 Å². The summed E-state index contributed by atoms with van der Waals surface area (Å²) in [6, 6.07) is 0. The summed E-state index contributed by atoms with van der Waals surface area (Å²) in [6.45, 7) is 5.13. The van der Waals surface area contributed by atoms with Crippen molar-refractivity contribution in [1.29, 1.82) is 0 Å². The fourth-order valence-corrected chi connectivity index (χ4v) is 2.90. The van der Waals surface area contributed by atoms with E-state index < -0.39 is 0 Å². The summed E-state index contributed by atoms with van der Waals surface area (Å²) in [5.74, 6) is 0.0129. The van der Waals surface area contributed by atoms with Crippen molar-refractivity contribution in [3.63, 3.8) is 0 Å². The number of carbonyl (C=O) groups excluding carboxylic acids is 1. The van der Waals surface area contributed by atoms with Gasteiger partial charge in [0.1, 0.15) is 0 Å². The van der Waals surface area contributed by atoms with Gasteiger partial charge in [-0.25, -0.2) is 0 Å². The molecule has 2 heteroatoms. The average molecular weight is 327 g/mol. The van der Waals surface area contributed by atoms with Crippen LogP contribution in [0.15, 0.2) is 0 Å². The van der Waals surface area contributed by atoms with E-state index in [0.717, 1.165) is 12.8 Å². The molecule has 0 aromatic rings. The Balaban J connectivity index is 3.13. The first-order valence-electron chi connectivity index (χ1n) is 10.5. The van der Waals surface area contributed by atoms with E-state index in [1.807, 2.05) is 0 Å². The van der Waals surface area contributed by atoms with Crippen LogP contribution in [-0.2, 0) is 9.53 Å². The molecule has 0 unspecified atom stereocenters. The van der Waals surface area contributed by atoms with Crippen molar-refractivity contribution in [1.82, 2.24) is 0 Å². The van der Waals surface area contributed by atoms with Crippen LogP contribution in [0, 0.1) is 0 Å². The van der Waals surface area contributed by atoms with Crippen molar-refractivity contribution in [2.24, 2.45) is 0 Å². The highest BCUT2D eigenvalue weighted by Crippen LogP contribution is 2.11. The van der Waals surface area contributed by atoms with E-state index in [4.69, 9.17) is 4.74 Å². The van der Waals surface area contributed by atoms with Crippen LogP contribution in [0.25, 0.3) is 0 Å². The highest BCUT2D eigenvalue weighted by atomic mass is 16.5. The van der Waals surface area contributed by atoms with Crippen LogP contribution in [0.4, 0.5) is 0 Å². The summed E-state index contributed by atoms with van der Waals surface area (Å²) >= 11 is 0. The molecule has 0 aromatic carbocycles. The Morgan fingerprint density at radius 2 is 0.957 bits per heavy atom. The lowest BCUT2D eigenvalue weighted by atomic mass is 10.1. The van der Waals surface area contributed by atoms with Crippen LogP contribution in [0.1, 0.15) is 123 Å². The second-order valence-corrected chi connectivity index (χ2v) is 6.92. The van der Waals surface area contributed by atoms with Crippen molar-refractivity contribution in [2.75, 3.05) is 6.61 Å². The van der Waals surface area contributed by atoms with Crippen molar-refractivity contribution in [3.05, 3.63) is 0 Å². The molecule has 23 heavy (non-hydrogen) atoms. The highest BCUT2D eigenvalue weighted by molar-refractivity contribution is 5.69. The molecule has 0 aliphatic rings. The van der Waals surface area contributed by atoms with Crippen molar-refractivity contribution in [2.45, 2.75) is 123 Å². The zero-order chi connectivity index (χ0) is 17.0. The maximum absolute atomic E-state index is 11.6. The van der Waals surface area contributed by atoms with E-state index in [1.54, 1.807) is 0 Å². The standard InChI is InChI=1S/C21H42O2/c1-3-5-7-9-11-12-13-15-17-19-21(22)23-20-18-16-14-10-8-6-4-2/h3-20H2,1-2H3. The quantitative estimate of drug-likeness (QED) is 0.196. The largest absolute Gasteiger partial charge is 0.466 e. The second-order valence-electron chi connectivity index (χ2n) is 6.92. The monoisotopic (exact) mass is 326 g/mol. The minimum atomic E-state index is 0.0129. The molecule has 0 heterocycles. The third kappa shape index (κ3) is 19.4. The molecule has 0 rings (SSSR count). The van der Waals surface area contributed by atoms with Gasteiger partial charge in [-0.15, -0.1) is 0 Å². The number of hydrogen-bond donors (Lipinski definition) is 0. The van der Waals surface area contributed by atoms with Gasteiger partial charge in [-0.05, 0) is 12.8 Å². The lowest BCUT2D eigenvalue weighted by Crippen LogP contribution is -2.05. The normalized spacial score (nSPS) is 10.9. The fourth-order valence-electron chi connectivity index (χ4n) is 2.90. The molecule has 0 amide bonds. The third-order valence-corrected chi connectivity index (χ3v) is 4.50. The van der Waals surface area contributed by atoms with Crippen molar-refractivity contribution in [3.8, 4) is 0 Å². The lowest BCUT2D eigenvalue weighted by molar-refractivity contribution is -0.143. The van der Waals surface area contributed by atoms with Crippen LogP contribution >= 0.6 is 0 Å². The van der Waals surface area contributed by atoms with E-state index in [2.05, 4.69) is 13.8 Å². The number of hydrogen-bond acceptors (Lipinski definition) is 2. The summed E-state index contributed by atoms with van der Waals surface area (Å²) in [6.07, 6.45) is 21.1. The molecule has 0 spiro atoms. The highest BCUT2D eigenvalue weighted by Gasteiger charge is 2.02. The zero-order valence-electron chi connectivity index (χ0n) is 16.0. The summed E-state index contributed by atoms with van der Waals surface area (Å²) in [7, 11) is 0. The summed E-state index contributed by atoms with van der Waals surface area (Å²) in [5.41, 5.74) is 0. The molecule has 0 aromatic heterocycles. The van der Waals surface area contributed by atoms with Crippen LogP contribution in [0.2, 0.25) is 0 Å². The molecule has 0 saturated heterocycles. The maximum Gasteiger partial charge on any atom is 0.305 e. The van der Waals surface area contributed by atoms with E-state index in [-0.39, 0.29) is 5.97 Å². The van der Waals surface area contributed by atoms with E-state index in [0.29, 0.717) is 13.0 Å². The van der Waals surface area contributed by atoms with E-state index >= 15 is 0 Å². The Hall–Kier alpha value is -0.530. The van der Waals surface area contributed by atoms with E-state index in [9.17, 15) is 4.79 Å². The first-order valence-corrected chi connectivity index (χ1v) is 10.5.